The molecule has 0 fully saturated rings. The Hall–Kier alpha value is -0.700. The molecule has 0 aliphatic rings. The molecular formula is C11H16FNS. The molecule has 0 aliphatic carbocycles. The van der Waals surface area contributed by atoms with Crippen LogP contribution in [0.25, 0.3) is 0 Å². The van der Waals surface area contributed by atoms with Crippen molar-refractivity contribution in [2.75, 3.05) is 11.5 Å². The molecule has 0 saturated carbocycles. The number of halogens is 1. The van der Waals surface area contributed by atoms with Crippen molar-refractivity contribution in [1.29, 1.82) is 0 Å². The highest BCUT2D eigenvalue weighted by atomic mass is 32.2. The van der Waals surface area contributed by atoms with Crippen molar-refractivity contribution < 1.29 is 4.39 Å². The molecule has 3 heteroatoms. The largest absolute Gasteiger partial charge is 0.399 e. The first-order valence-electron chi connectivity index (χ1n) is 4.85. The fourth-order valence-corrected chi connectivity index (χ4v) is 2.20. The number of nitrogen functional groups attached to an aromatic ring is 1. The zero-order valence-electron chi connectivity index (χ0n) is 8.42. The summed E-state index contributed by atoms with van der Waals surface area (Å²) in [5, 5.41) is 0. The number of rotatable bonds is 5. The fourth-order valence-electron chi connectivity index (χ4n) is 1.11. The Kier molecular flexibility index (Phi) is 4.80. The van der Waals surface area contributed by atoms with Crippen LogP contribution in [0.2, 0.25) is 0 Å². The minimum absolute atomic E-state index is 0.186. The monoisotopic (exact) mass is 213 g/mol. The van der Waals surface area contributed by atoms with Crippen molar-refractivity contribution in [2.45, 2.75) is 25.5 Å². The maximum Gasteiger partial charge on any atom is 0.129 e. The van der Waals surface area contributed by atoms with E-state index in [1.165, 1.54) is 18.9 Å². The highest BCUT2D eigenvalue weighted by Crippen LogP contribution is 2.18. The van der Waals surface area contributed by atoms with Gasteiger partial charge in [0.2, 0.25) is 0 Å². The molecule has 0 spiro atoms. The van der Waals surface area contributed by atoms with Gasteiger partial charge in [0.15, 0.2) is 0 Å². The summed E-state index contributed by atoms with van der Waals surface area (Å²) in [7, 11) is 0. The molecule has 1 aromatic rings. The number of nitrogens with two attached hydrogens (primary N) is 1. The summed E-state index contributed by atoms with van der Waals surface area (Å²) >= 11 is 1.77. The van der Waals surface area contributed by atoms with Crippen LogP contribution in [-0.4, -0.2) is 5.75 Å². The van der Waals surface area contributed by atoms with Crippen LogP contribution in [0.15, 0.2) is 18.2 Å². The second kappa shape index (κ2) is 5.91. The van der Waals surface area contributed by atoms with Crippen molar-refractivity contribution in [3.05, 3.63) is 29.6 Å². The lowest BCUT2D eigenvalue weighted by atomic mass is 10.2. The molecule has 1 rings (SSSR count). The quantitative estimate of drug-likeness (QED) is 0.599. The van der Waals surface area contributed by atoms with Gasteiger partial charge in [-0.1, -0.05) is 19.4 Å². The van der Waals surface area contributed by atoms with Gasteiger partial charge in [-0.3, -0.25) is 0 Å². The van der Waals surface area contributed by atoms with E-state index in [0.717, 1.165) is 17.1 Å². The van der Waals surface area contributed by atoms with Crippen LogP contribution in [-0.2, 0) is 5.75 Å². The third-order valence-corrected chi connectivity index (χ3v) is 3.07. The van der Waals surface area contributed by atoms with Gasteiger partial charge in [-0.25, -0.2) is 4.39 Å². The third kappa shape index (κ3) is 3.58. The van der Waals surface area contributed by atoms with Crippen molar-refractivity contribution in [1.82, 2.24) is 0 Å². The van der Waals surface area contributed by atoms with E-state index in [1.807, 2.05) is 0 Å². The van der Waals surface area contributed by atoms with Crippen LogP contribution < -0.4 is 5.73 Å². The summed E-state index contributed by atoms with van der Waals surface area (Å²) in [4.78, 5) is 0. The highest BCUT2D eigenvalue weighted by Gasteiger charge is 2.01. The maximum atomic E-state index is 13.3. The molecule has 0 radical (unpaired) electrons. The molecule has 0 amide bonds. The van der Waals surface area contributed by atoms with Gasteiger partial charge in [-0.15, -0.1) is 0 Å². The average Bonchev–Trinajstić information content (AvgIpc) is 2.15. The lowest BCUT2D eigenvalue weighted by Crippen LogP contribution is -1.92. The molecule has 78 valence electrons. The van der Waals surface area contributed by atoms with Crippen molar-refractivity contribution in [3.63, 3.8) is 0 Å². The minimum Gasteiger partial charge on any atom is -0.399 e. The van der Waals surface area contributed by atoms with E-state index < -0.39 is 0 Å². The van der Waals surface area contributed by atoms with Gasteiger partial charge in [0.25, 0.3) is 0 Å². The Morgan fingerprint density at radius 1 is 1.43 bits per heavy atom. The van der Waals surface area contributed by atoms with E-state index in [1.54, 1.807) is 23.9 Å². The standard InChI is InChI=1S/C11H16FNS/c1-2-3-6-14-8-9-4-5-10(13)7-11(9)12/h4-5,7H,2-3,6,8,13H2,1H3. The Balaban J connectivity index is 2.42. The van der Waals surface area contributed by atoms with Crippen LogP contribution in [0, 0.1) is 5.82 Å². The van der Waals surface area contributed by atoms with Gasteiger partial charge >= 0.3 is 0 Å². The Bertz CT molecular complexity index is 289. The SMILES string of the molecule is CCCCSCc1ccc(N)cc1F. The zero-order chi connectivity index (χ0) is 10.4. The summed E-state index contributed by atoms with van der Waals surface area (Å²) < 4.78 is 13.3. The van der Waals surface area contributed by atoms with Gasteiger partial charge < -0.3 is 5.73 Å². The second-order valence-corrected chi connectivity index (χ2v) is 4.36. The number of thioether (sulfide) groups is 1. The van der Waals surface area contributed by atoms with Gasteiger partial charge in [0, 0.05) is 11.4 Å². The van der Waals surface area contributed by atoms with Crippen LogP contribution in [0.5, 0.6) is 0 Å². The first-order chi connectivity index (χ1) is 6.74. The Labute approximate surface area is 88.9 Å². The van der Waals surface area contributed by atoms with E-state index >= 15 is 0 Å². The lowest BCUT2D eigenvalue weighted by molar-refractivity contribution is 0.618. The Morgan fingerprint density at radius 2 is 2.21 bits per heavy atom. The number of benzene rings is 1. The van der Waals surface area contributed by atoms with Crippen molar-refractivity contribution in [3.8, 4) is 0 Å². The second-order valence-electron chi connectivity index (χ2n) is 3.26. The first kappa shape index (κ1) is 11.4. The molecule has 0 unspecified atom stereocenters. The summed E-state index contributed by atoms with van der Waals surface area (Å²) in [5.74, 6) is 1.65. The normalized spacial score (nSPS) is 10.4. The van der Waals surface area contributed by atoms with Gasteiger partial charge in [0.1, 0.15) is 5.82 Å². The number of unbranched alkanes of at least 4 members (excludes halogenated alkanes) is 1. The predicted octanol–water partition coefficient (Wildman–Crippen LogP) is 3.44. The molecule has 0 aliphatic heterocycles. The van der Waals surface area contributed by atoms with Gasteiger partial charge in [-0.05, 0) is 29.9 Å². The average molecular weight is 213 g/mol. The molecule has 0 saturated heterocycles. The van der Waals surface area contributed by atoms with E-state index in [4.69, 9.17) is 5.73 Å². The van der Waals surface area contributed by atoms with E-state index in [2.05, 4.69) is 6.92 Å². The van der Waals surface area contributed by atoms with E-state index in [-0.39, 0.29) is 5.82 Å². The molecular weight excluding hydrogens is 197 g/mol. The van der Waals surface area contributed by atoms with E-state index in [9.17, 15) is 4.39 Å². The topological polar surface area (TPSA) is 26.0 Å². The van der Waals surface area contributed by atoms with Crippen LogP contribution in [0.3, 0.4) is 0 Å². The lowest BCUT2D eigenvalue weighted by Gasteiger charge is -2.03. The third-order valence-electron chi connectivity index (χ3n) is 1.98. The smallest absolute Gasteiger partial charge is 0.129 e. The van der Waals surface area contributed by atoms with Gasteiger partial charge in [-0.2, -0.15) is 11.8 Å². The molecule has 0 bridgehead atoms. The number of hydrogen-bond donors (Lipinski definition) is 1. The Morgan fingerprint density at radius 3 is 2.86 bits per heavy atom. The van der Waals surface area contributed by atoms with Crippen LogP contribution in [0.1, 0.15) is 25.3 Å². The summed E-state index contributed by atoms with van der Waals surface area (Å²) in [6, 6.07) is 4.90. The summed E-state index contributed by atoms with van der Waals surface area (Å²) in [5.41, 5.74) is 6.70. The molecule has 1 nitrogen and oxygen atoms in total. The predicted molar refractivity (Wildman–Crippen MR) is 61.9 cm³/mol. The first-order valence-corrected chi connectivity index (χ1v) is 6.01. The highest BCUT2D eigenvalue weighted by molar-refractivity contribution is 7.98. The minimum atomic E-state index is -0.186. The van der Waals surface area contributed by atoms with E-state index in [0.29, 0.717) is 5.69 Å². The van der Waals surface area contributed by atoms with Crippen LogP contribution in [0.4, 0.5) is 10.1 Å². The maximum absolute atomic E-state index is 13.3. The molecule has 0 aromatic heterocycles. The zero-order valence-corrected chi connectivity index (χ0v) is 9.24. The van der Waals surface area contributed by atoms with Crippen molar-refractivity contribution in [2.24, 2.45) is 0 Å². The van der Waals surface area contributed by atoms with Crippen LogP contribution >= 0.6 is 11.8 Å². The molecule has 0 atom stereocenters. The number of anilines is 1. The van der Waals surface area contributed by atoms with Gasteiger partial charge in [0.05, 0.1) is 0 Å². The van der Waals surface area contributed by atoms with Crippen molar-refractivity contribution >= 4 is 17.4 Å². The molecule has 2 N–H and O–H groups in total. The summed E-state index contributed by atoms with van der Waals surface area (Å²) in [6.07, 6.45) is 2.39. The molecule has 0 heterocycles. The molecule has 14 heavy (non-hydrogen) atoms. The fraction of sp³-hybridized carbons (Fsp3) is 0.455. The summed E-state index contributed by atoms with van der Waals surface area (Å²) in [6.45, 7) is 2.16. The molecule has 1 aromatic carbocycles. The number of hydrogen-bond acceptors (Lipinski definition) is 2.